The third-order valence-corrected chi connectivity index (χ3v) is 4.05. The van der Waals surface area contributed by atoms with Gasteiger partial charge < -0.3 is 15.0 Å². The molecule has 1 unspecified atom stereocenters. The first-order chi connectivity index (χ1) is 10.0. The van der Waals surface area contributed by atoms with Crippen molar-refractivity contribution in [3.63, 3.8) is 0 Å². The number of nitrogens with one attached hydrogen (secondary N) is 1. The number of anilines is 1. The van der Waals surface area contributed by atoms with Crippen molar-refractivity contribution in [1.29, 1.82) is 0 Å². The van der Waals surface area contributed by atoms with Gasteiger partial charge in [-0.25, -0.2) is 0 Å². The van der Waals surface area contributed by atoms with Gasteiger partial charge in [0.2, 0.25) is 11.8 Å². The number of amides is 2. The molecule has 1 atom stereocenters. The summed E-state index contributed by atoms with van der Waals surface area (Å²) in [6.45, 7) is 1.68. The minimum absolute atomic E-state index is 0.0853. The van der Waals surface area contributed by atoms with E-state index < -0.39 is 6.04 Å². The zero-order valence-corrected chi connectivity index (χ0v) is 13.2. The number of thioether (sulfide) groups is 1. The van der Waals surface area contributed by atoms with E-state index in [2.05, 4.69) is 5.32 Å². The van der Waals surface area contributed by atoms with Crippen molar-refractivity contribution in [2.75, 3.05) is 18.2 Å². The van der Waals surface area contributed by atoms with Gasteiger partial charge in [0.05, 0.1) is 17.9 Å². The summed E-state index contributed by atoms with van der Waals surface area (Å²) in [5.41, 5.74) is 0.556. The highest BCUT2D eigenvalue weighted by atomic mass is 35.5. The number of hydrogen-bond donors (Lipinski definition) is 1. The van der Waals surface area contributed by atoms with Crippen LogP contribution in [0, 0.1) is 0 Å². The van der Waals surface area contributed by atoms with E-state index in [1.807, 2.05) is 0 Å². The van der Waals surface area contributed by atoms with Gasteiger partial charge >= 0.3 is 0 Å². The first kappa shape index (κ1) is 15.7. The van der Waals surface area contributed by atoms with Gasteiger partial charge in [-0.3, -0.25) is 9.59 Å². The van der Waals surface area contributed by atoms with Gasteiger partial charge in [-0.2, -0.15) is 0 Å². The maximum atomic E-state index is 12.2. The lowest BCUT2D eigenvalue weighted by Crippen LogP contribution is -2.44. The van der Waals surface area contributed by atoms with Crippen LogP contribution in [0.1, 0.15) is 6.92 Å². The molecule has 1 aliphatic heterocycles. The van der Waals surface area contributed by atoms with Crippen LogP contribution in [0.3, 0.4) is 0 Å². The number of methoxy groups -OCH3 is 1. The molecule has 1 aromatic carbocycles. The lowest BCUT2D eigenvalue weighted by Gasteiger charge is -2.27. The average Bonchev–Trinajstić information content (AvgIpc) is 2.47. The molecule has 0 aliphatic carbocycles. The van der Waals surface area contributed by atoms with Crippen molar-refractivity contribution in [1.82, 2.24) is 4.90 Å². The van der Waals surface area contributed by atoms with E-state index >= 15 is 0 Å². The van der Waals surface area contributed by atoms with Crippen molar-refractivity contribution in [3.05, 3.63) is 34.8 Å². The Balaban J connectivity index is 2.07. The fraction of sp³-hybridized carbons (Fsp3) is 0.286. The minimum atomic E-state index is -0.587. The summed E-state index contributed by atoms with van der Waals surface area (Å²) in [6, 6.07) is 4.38. The lowest BCUT2D eigenvalue weighted by molar-refractivity contribution is -0.133. The number of rotatable bonds is 4. The van der Waals surface area contributed by atoms with Crippen molar-refractivity contribution in [3.8, 4) is 5.75 Å². The Labute approximate surface area is 132 Å². The van der Waals surface area contributed by atoms with Crippen LogP contribution in [-0.2, 0) is 9.59 Å². The second-order valence-electron chi connectivity index (χ2n) is 4.41. The molecule has 0 saturated carbocycles. The first-order valence-corrected chi connectivity index (χ1v) is 7.69. The van der Waals surface area contributed by atoms with E-state index in [1.165, 1.54) is 23.8 Å². The molecule has 0 saturated heterocycles. The van der Waals surface area contributed by atoms with Crippen LogP contribution < -0.4 is 10.1 Å². The summed E-state index contributed by atoms with van der Waals surface area (Å²) in [7, 11) is 1.52. The molecule has 2 rings (SSSR count). The molecule has 0 spiro atoms. The second kappa shape index (κ2) is 6.87. The third kappa shape index (κ3) is 3.71. The highest BCUT2D eigenvalue weighted by Gasteiger charge is 2.25. The van der Waals surface area contributed by atoms with Gasteiger partial charge in [-0.05, 0) is 30.5 Å². The Hall–Kier alpha value is -1.66. The molecule has 2 amide bonds. The molecule has 1 aliphatic rings. The molecular weight excluding hydrogens is 312 g/mol. The zero-order chi connectivity index (χ0) is 15.4. The van der Waals surface area contributed by atoms with Gasteiger partial charge in [0.15, 0.2) is 0 Å². The van der Waals surface area contributed by atoms with E-state index in [0.29, 0.717) is 22.2 Å². The van der Waals surface area contributed by atoms with Crippen LogP contribution >= 0.6 is 23.4 Å². The van der Waals surface area contributed by atoms with E-state index in [9.17, 15) is 9.59 Å². The van der Waals surface area contributed by atoms with Crippen molar-refractivity contribution in [2.45, 2.75) is 13.0 Å². The average molecular weight is 327 g/mol. The second-order valence-corrected chi connectivity index (χ2v) is 5.71. The lowest BCUT2D eigenvalue weighted by atomic mass is 10.2. The van der Waals surface area contributed by atoms with Crippen molar-refractivity contribution in [2.24, 2.45) is 0 Å². The van der Waals surface area contributed by atoms with Gasteiger partial charge in [-0.15, -0.1) is 11.8 Å². The normalized spacial score (nSPS) is 15.8. The molecule has 0 aromatic heterocycles. The maximum Gasteiger partial charge on any atom is 0.247 e. The molecule has 0 fully saturated rings. The standard InChI is InChI=1S/C14H15ClN2O3S/c1-9(17-5-6-21-8-13(17)18)14(19)16-10-3-4-12(20-2)11(15)7-10/h3-7,9H,8H2,1-2H3,(H,16,19). The van der Waals surface area contributed by atoms with Crippen LogP contribution in [0.5, 0.6) is 5.75 Å². The molecule has 112 valence electrons. The van der Waals surface area contributed by atoms with Crippen LogP contribution in [-0.4, -0.2) is 35.6 Å². The molecule has 1 aromatic rings. The van der Waals surface area contributed by atoms with Crippen molar-refractivity contribution < 1.29 is 14.3 Å². The molecule has 1 N–H and O–H groups in total. The van der Waals surface area contributed by atoms with Gasteiger partial charge in [0.1, 0.15) is 11.8 Å². The van der Waals surface area contributed by atoms with Crippen molar-refractivity contribution >= 4 is 40.9 Å². The van der Waals surface area contributed by atoms with Crippen LogP contribution in [0.2, 0.25) is 5.02 Å². The quantitative estimate of drug-likeness (QED) is 0.924. The molecule has 1 heterocycles. The largest absolute Gasteiger partial charge is 0.495 e. The Morgan fingerprint density at radius 2 is 2.29 bits per heavy atom. The molecule has 0 bridgehead atoms. The molecule has 21 heavy (non-hydrogen) atoms. The molecule has 5 nitrogen and oxygen atoms in total. The minimum Gasteiger partial charge on any atom is -0.495 e. The Morgan fingerprint density at radius 3 is 2.90 bits per heavy atom. The number of nitrogens with zero attached hydrogens (tertiary/aromatic N) is 1. The van der Waals surface area contributed by atoms with Gasteiger partial charge in [0, 0.05) is 11.9 Å². The van der Waals surface area contributed by atoms with Gasteiger partial charge in [0.25, 0.3) is 0 Å². The summed E-state index contributed by atoms with van der Waals surface area (Å²) in [5, 5.41) is 4.95. The van der Waals surface area contributed by atoms with E-state index in [4.69, 9.17) is 16.3 Å². The SMILES string of the molecule is COc1ccc(NC(=O)C(C)N2C=CSCC2=O)cc1Cl. The molecule has 7 heteroatoms. The summed E-state index contributed by atoms with van der Waals surface area (Å²) in [6.07, 6.45) is 1.63. The smallest absolute Gasteiger partial charge is 0.247 e. The predicted molar refractivity (Wildman–Crippen MR) is 84.5 cm³/mol. The first-order valence-electron chi connectivity index (χ1n) is 6.26. The fourth-order valence-electron chi connectivity index (χ4n) is 1.85. The highest BCUT2D eigenvalue weighted by molar-refractivity contribution is 8.02. The maximum absolute atomic E-state index is 12.2. The fourth-order valence-corrected chi connectivity index (χ4v) is 2.71. The predicted octanol–water partition coefficient (Wildman–Crippen LogP) is 2.72. The van der Waals surface area contributed by atoms with E-state index in [1.54, 1.807) is 36.7 Å². The molecule has 0 radical (unpaired) electrons. The summed E-state index contributed by atoms with van der Waals surface area (Å²) < 4.78 is 5.05. The number of halogens is 1. The van der Waals surface area contributed by atoms with E-state index in [0.717, 1.165) is 0 Å². The number of hydrogen-bond acceptors (Lipinski definition) is 4. The Morgan fingerprint density at radius 1 is 1.52 bits per heavy atom. The van der Waals surface area contributed by atoms with Gasteiger partial charge in [-0.1, -0.05) is 11.6 Å². The zero-order valence-electron chi connectivity index (χ0n) is 11.6. The third-order valence-electron chi connectivity index (χ3n) is 3.03. The molecular formula is C14H15ClN2O3S. The van der Waals surface area contributed by atoms with E-state index in [-0.39, 0.29) is 11.8 Å². The highest BCUT2D eigenvalue weighted by Crippen LogP contribution is 2.27. The van der Waals surface area contributed by atoms with Crippen LogP contribution in [0.15, 0.2) is 29.8 Å². The number of ether oxygens (including phenoxy) is 1. The summed E-state index contributed by atoms with van der Waals surface area (Å²) in [5.74, 6) is 0.524. The van der Waals surface area contributed by atoms with Crippen LogP contribution in [0.25, 0.3) is 0 Å². The summed E-state index contributed by atoms with van der Waals surface area (Å²) in [4.78, 5) is 25.4. The summed E-state index contributed by atoms with van der Waals surface area (Å²) >= 11 is 7.42. The Bertz CT molecular complexity index is 592. The number of carbonyl (C=O) groups excluding carboxylic acids is 2. The number of carbonyl (C=O) groups is 2. The Kier molecular flexibility index (Phi) is 5.14. The number of benzene rings is 1. The van der Waals surface area contributed by atoms with Crippen LogP contribution in [0.4, 0.5) is 5.69 Å². The monoisotopic (exact) mass is 326 g/mol. The topological polar surface area (TPSA) is 58.6 Å².